The number of carbonyl (C=O) groups is 1. The van der Waals surface area contributed by atoms with E-state index in [0.29, 0.717) is 24.4 Å². The Morgan fingerprint density at radius 3 is 2.78 bits per heavy atom. The van der Waals surface area contributed by atoms with Crippen molar-refractivity contribution in [2.75, 3.05) is 13.7 Å². The second-order valence-corrected chi connectivity index (χ2v) is 5.20. The van der Waals surface area contributed by atoms with Crippen LogP contribution in [0, 0.1) is 0 Å². The maximum absolute atomic E-state index is 12.8. The van der Waals surface area contributed by atoms with Gasteiger partial charge < -0.3 is 14.0 Å². The first kappa shape index (κ1) is 15.1. The third kappa shape index (κ3) is 2.90. The number of hydrogen-bond acceptors (Lipinski definition) is 3. The molecule has 0 N–H and O–H groups in total. The number of ether oxygens (including phenoxy) is 1. The lowest BCUT2D eigenvalue weighted by Crippen LogP contribution is -2.31. The number of aromatic nitrogens is 2. The molecule has 1 amide bonds. The molecule has 5 nitrogen and oxygen atoms in total. The Balaban J connectivity index is 1.89. The van der Waals surface area contributed by atoms with Crippen LogP contribution in [0.5, 0.6) is 5.75 Å². The second-order valence-electron chi connectivity index (χ2n) is 5.20. The maximum atomic E-state index is 12.8. The van der Waals surface area contributed by atoms with Crippen molar-refractivity contribution in [2.45, 2.75) is 13.5 Å². The SMILES string of the molecule is CCN(Cc1cnc2ccccn12)C(=O)c1ccccc1OC. The summed E-state index contributed by atoms with van der Waals surface area (Å²) in [7, 11) is 1.58. The van der Waals surface area contributed by atoms with E-state index in [1.54, 1.807) is 24.1 Å². The van der Waals surface area contributed by atoms with Crippen molar-refractivity contribution in [1.29, 1.82) is 0 Å². The highest BCUT2D eigenvalue weighted by Crippen LogP contribution is 2.20. The summed E-state index contributed by atoms with van der Waals surface area (Å²) in [5, 5.41) is 0. The highest BCUT2D eigenvalue weighted by atomic mass is 16.5. The molecule has 0 radical (unpaired) electrons. The largest absolute Gasteiger partial charge is 0.496 e. The number of hydrogen-bond donors (Lipinski definition) is 0. The summed E-state index contributed by atoms with van der Waals surface area (Å²) in [5.41, 5.74) is 2.43. The molecule has 0 aliphatic rings. The fourth-order valence-corrected chi connectivity index (χ4v) is 2.62. The molecule has 3 rings (SSSR count). The number of imidazole rings is 1. The van der Waals surface area contributed by atoms with Gasteiger partial charge in [0.15, 0.2) is 0 Å². The maximum Gasteiger partial charge on any atom is 0.257 e. The van der Waals surface area contributed by atoms with Crippen molar-refractivity contribution in [1.82, 2.24) is 14.3 Å². The molecule has 0 saturated heterocycles. The zero-order valence-electron chi connectivity index (χ0n) is 13.3. The van der Waals surface area contributed by atoms with Crippen LogP contribution in [0.25, 0.3) is 5.65 Å². The molecular formula is C18H19N3O2. The van der Waals surface area contributed by atoms with Gasteiger partial charge in [-0.15, -0.1) is 0 Å². The number of carbonyl (C=O) groups excluding carboxylic acids is 1. The number of pyridine rings is 1. The monoisotopic (exact) mass is 309 g/mol. The van der Waals surface area contributed by atoms with Crippen LogP contribution in [0.2, 0.25) is 0 Å². The van der Waals surface area contributed by atoms with Crippen LogP contribution in [-0.4, -0.2) is 33.8 Å². The molecule has 3 aromatic rings. The first-order chi connectivity index (χ1) is 11.2. The van der Waals surface area contributed by atoms with Crippen molar-refractivity contribution in [3.8, 4) is 5.75 Å². The summed E-state index contributed by atoms with van der Waals surface area (Å²) in [5.74, 6) is 0.546. The third-order valence-corrected chi connectivity index (χ3v) is 3.85. The van der Waals surface area contributed by atoms with E-state index in [9.17, 15) is 4.79 Å². The molecule has 0 spiro atoms. The number of para-hydroxylation sites is 1. The van der Waals surface area contributed by atoms with Gasteiger partial charge >= 0.3 is 0 Å². The second kappa shape index (κ2) is 6.52. The molecule has 0 saturated carbocycles. The number of fused-ring (bicyclic) bond motifs is 1. The Kier molecular flexibility index (Phi) is 4.28. The molecule has 118 valence electrons. The molecule has 1 aromatic carbocycles. The Morgan fingerprint density at radius 1 is 1.22 bits per heavy atom. The van der Waals surface area contributed by atoms with E-state index in [2.05, 4.69) is 4.98 Å². The summed E-state index contributed by atoms with van der Waals surface area (Å²) < 4.78 is 7.30. The van der Waals surface area contributed by atoms with Crippen LogP contribution >= 0.6 is 0 Å². The van der Waals surface area contributed by atoms with E-state index in [-0.39, 0.29) is 5.91 Å². The normalized spacial score (nSPS) is 10.7. The van der Waals surface area contributed by atoms with Gasteiger partial charge in [0.05, 0.1) is 31.1 Å². The van der Waals surface area contributed by atoms with Gasteiger partial charge in [0.2, 0.25) is 0 Å². The van der Waals surface area contributed by atoms with Crippen molar-refractivity contribution in [3.05, 3.63) is 66.1 Å². The van der Waals surface area contributed by atoms with E-state index in [1.165, 1.54) is 0 Å². The standard InChI is InChI=1S/C18H19N3O2/c1-3-20(18(22)15-8-4-5-9-16(15)23-2)13-14-12-19-17-10-6-7-11-21(14)17/h4-12H,3,13H2,1-2H3. The smallest absolute Gasteiger partial charge is 0.257 e. The lowest BCUT2D eigenvalue weighted by atomic mass is 10.1. The zero-order chi connectivity index (χ0) is 16.2. The van der Waals surface area contributed by atoms with Crippen LogP contribution < -0.4 is 4.74 Å². The Hall–Kier alpha value is -2.82. The molecule has 0 unspecified atom stereocenters. The fourth-order valence-electron chi connectivity index (χ4n) is 2.62. The van der Waals surface area contributed by atoms with Gasteiger partial charge in [-0.05, 0) is 31.2 Å². The first-order valence-corrected chi connectivity index (χ1v) is 7.58. The molecule has 0 aliphatic carbocycles. The summed E-state index contributed by atoms with van der Waals surface area (Å²) >= 11 is 0. The molecule has 0 atom stereocenters. The lowest BCUT2D eigenvalue weighted by Gasteiger charge is -2.21. The Morgan fingerprint density at radius 2 is 2.00 bits per heavy atom. The highest BCUT2D eigenvalue weighted by Gasteiger charge is 2.19. The van der Waals surface area contributed by atoms with Crippen LogP contribution in [-0.2, 0) is 6.54 Å². The Labute approximate surface area is 135 Å². The number of amides is 1. The first-order valence-electron chi connectivity index (χ1n) is 7.58. The van der Waals surface area contributed by atoms with E-state index in [1.807, 2.05) is 54.0 Å². The van der Waals surface area contributed by atoms with Crippen molar-refractivity contribution >= 4 is 11.6 Å². The highest BCUT2D eigenvalue weighted by molar-refractivity contribution is 5.96. The quantitative estimate of drug-likeness (QED) is 0.728. The fraction of sp³-hybridized carbons (Fsp3) is 0.222. The summed E-state index contributed by atoms with van der Waals surface area (Å²) in [6.07, 6.45) is 3.77. The molecular weight excluding hydrogens is 290 g/mol. The minimum absolute atomic E-state index is 0.0455. The molecule has 2 heterocycles. The van der Waals surface area contributed by atoms with Crippen LogP contribution in [0.4, 0.5) is 0 Å². The van der Waals surface area contributed by atoms with Crippen LogP contribution in [0.15, 0.2) is 54.9 Å². The number of benzene rings is 1. The summed E-state index contributed by atoms with van der Waals surface area (Å²) in [6.45, 7) is 3.08. The average molecular weight is 309 g/mol. The van der Waals surface area contributed by atoms with Gasteiger partial charge in [0.1, 0.15) is 11.4 Å². The number of rotatable bonds is 5. The van der Waals surface area contributed by atoms with Crippen molar-refractivity contribution in [2.24, 2.45) is 0 Å². The summed E-state index contributed by atoms with van der Waals surface area (Å²) in [4.78, 5) is 19.0. The lowest BCUT2D eigenvalue weighted by molar-refractivity contribution is 0.0747. The Bertz CT molecular complexity index is 826. The van der Waals surface area contributed by atoms with E-state index in [4.69, 9.17) is 4.74 Å². The molecule has 5 heteroatoms. The molecule has 23 heavy (non-hydrogen) atoms. The van der Waals surface area contributed by atoms with Crippen LogP contribution in [0.1, 0.15) is 23.0 Å². The number of methoxy groups -OCH3 is 1. The topological polar surface area (TPSA) is 46.8 Å². The third-order valence-electron chi connectivity index (χ3n) is 3.85. The van der Waals surface area contributed by atoms with Crippen molar-refractivity contribution in [3.63, 3.8) is 0 Å². The zero-order valence-corrected chi connectivity index (χ0v) is 13.3. The summed E-state index contributed by atoms with van der Waals surface area (Å²) in [6, 6.07) is 13.1. The van der Waals surface area contributed by atoms with Gasteiger partial charge in [-0.1, -0.05) is 18.2 Å². The van der Waals surface area contributed by atoms with Gasteiger partial charge in [0, 0.05) is 12.7 Å². The molecule has 0 fully saturated rings. The van der Waals surface area contributed by atoms with Gasteiger partial charge in [-0.3, -0.25) is 4.79 Å². The minimum atomic E-state index is -0.0455. The predicted molar refractivity (Wildman–Crippen MR) is 88.6 cm³/mol. The van der Waals surface area contributed by atoms with Gasteiger partial charge in [-0.2, -0.15) is 0 Å². The van der Waals surface area contributed by atoms with E-state index < -0.39 is 0 Å². The van der Waals surface area contributed by atoms with Crippen molar-refractivity contribution < 1.29 is 9.53 Å². The molecule has 2 aromatic heterocycles. The molecule has 0 bridgehead atoms. The number of nitrogens with zero attached hydrogens (tertiary/aromatic N) is 3. The molecule has 0 aliphatic heterocycles. The van der Waals surface area contributed by atoms with Crippen LogP contribution in [0.3, 0.4) is 0 Å². The van der Waals surface area contributed by atoms with E-state index >= 15 is 0 Å². The van der Waals surface area contributed by atoms with Gasteiger partial charge in [-0.25, -0.2) is 4.98 Å². The average Bonchev–Trinajstić information content (AvgIpc) is 3.02. The predicted octanol–water partition coefficient (Wildman–Crippen LogP) is 3.01. The minimum Gasteiger partial charge on any atom is -0.496 e. The van der Waals surface area contributed by atoms with Gasteiger partial charge in [0.25, 0.3) is 5.91 Å². The van der Waals surface area contributed by atoms with E-state index in [0.717, 1.165) is 11.3 Å².